The van der Waals surface area contributed by atoms with Crippen LogP contribution in [0.2, 0.25) is 0 Å². The molecule has 0 fully saturated rings. The van der Waals surface area contributed by atoms with Crippen LogP contribution in [0.15, 0.2) is 29.1 Å². The molecule has 0 bridgehead atoms. The number of hydrogen-bond donors (Lipinski definition) is 1. The summed E-state index contributed by atoms with van der Waals surface area (Å²) in [6.07, 6.45) is 5.29. The summed E-state index contributed by atoms with van der Waals surface area (Å²) in [7, 11) is 0. The van der Waals surface area contributed by atoms with Crippen molar-refractivity contribution >= 4 is 11.3 Å². The van der Waals surface area contributed by atoms with Gasteiger partial charge in [0.2, 0.25) is 5.89 Å². The van der Waals surface area contributed by atoms with E-state index >= 15 is 0 Å². The van der Waals surface area contributed by atoms with Gasteiger partial charge in [-0.25, -0.2) is 14.5 Å². The van der Waals surface area contributed by atoms with Gasteiger partial charge in [-0.1, -0.05) is 20.8 Å². The largest absolute Gasteiger partial charge is 0.444 e. The highest BCUT2D eigenvalue weighted by Crippen LogP contribution is 2.24. The van der Waals surface area contributed by atoms with Crippen molar-refractivity contribution in [2.75, 3.05) is 5.32 Å². The van der Waals surface area contributed by atoms with Gasteiger partial charge >= 0.3 is 0 Å². The maximum atomic E-state index is 5.45. The zero-order valence-corrected chi connectivity index (χ0v) is 12.7. The van der Waals surface area contributed by atoms with E-state index in [0.29, 0.717) is 12.4 Å². The number of rotatable bonds is 3. The lowest BCUT2D eigenvalue weighted by molar-refractivity contribution is 0.479. The van der Waals surface area contributed by atoms with Gasteiger partial charge in [-0.2, -0.15) is 5.10 Å². The van der Waals surface area contributed by atoms with Crippen molar-refractivity contribution in [2.45, 2.75) is 39.7 Å². The maximum absolute atomic E-state index is 5.45. The van der Waals surface area contributed by atoms with Crippen LogP contribution in [0.5, 0.6) is 0 Å². The fourth-order valence-electron chi connectivity index (χ4n) is 2.07. The van der Waals surface area contributed by atoms with E-state index in [1.165, 1.54) is 0 Å². The topological polar surface area (TPSA) is 68.2 Å². The second kappa shape index (κ2) is 4.87. The summed E-state index contributed by atoms with van der Waals surface area (Å²) in [4.78, 5) is 8.56. The molecule has 3 aromatic rings. The molecule has 0 amide bonds. The van der Waals surface area contributed by atoms with Crippen LogP contribution in [0.3, 0.4) is 0 Å². The second-order valence-electron chi connectivity index (χ2n) is 6.10. The molecule has 0 aromatic carbocycles. The standard InChI is InChI=1S/C15H19N5O/c1-10-8-17-13(21-10)9-18-14-11-7-12(15(2,3)4)19-20(11)6-5-16-14/h5-8H,9H2,1-4H3,(H,16,18). The van der Waals surface area contributed by atoms with Gasteiger partial charge in [-0.05, 0) is 13.0 Å². The third-order valence-electron chi connectivity index (χ3n) is 3.23. The summed E-state index contributed by atoms with van der Waals surface area (Å²) in [6, 6.07) is 2.07. The smallest absolute Gasteiger partial charge is 0.213 e. The molecule has 0 saturated carbocycles. The van der Waals surface area contributed by atoms with E-state index in [4.69, 9.17) is 4.42 Å². The fraction of sp³-hybridized carbons (Fsp3) is 0.400. The van der Waals surface area contributed by atoms with Crippen molar-refractivity contribution in [3.8, 4) is 0 Å². The highest BCUT2D eigenvalue weighted by Gasteiger charge is 2.19. The molecule has 0 saturated heterocycles. The van der Waals surface area contributed by atoms with Crippen LogP contribution >= 0.6 is 0 Å². The summed E-state index contributed by atoms with van der Waals surface area (Å²) in [5.41, 5.74) is 1.99. The third kappa shape index (κ3) is 2.74. The Hall–Kier alpha value is -2.37. The quantitative estimate of drug-likeness (QED) is 0.801. The molecule has 0 spiro atoms. The van der Waals surface area contributed by atoms with Crippen molar-refractivity contribution in [2.24, 2.45) is 0 Å². The summed E-state index contributed by atoms with van der Waals surface area (Å²) < 4.78 is 7.30. The number of nitrogens with one attached hydrogen (secondary N) is 1. The van der Waals surface area contributed by atoms with Gasteiger partial charge < -0.3 is 9.73 Å². The minimum atomic E-state index is 0.00295. The van der Waals surface area contributed by atoms with E-state index in [0.717, 1.165) is 22.8 Å². The molecule has 3 aromatic heterocycles. The van der Waals surface area contributed by atoms with Gasteiger partial charge in [-0.15, -0.1) is 0 Å². The first kappa shape index (κ1) is 13.6. The van der Waals surface area contributed by atoms with Gasteiger partial charge in [0.05, 0.1) is 18.4 Å². The number of anilines is 1. The lowest BCUT2D eigenvalue weighted by Gasteiger charge is -2.13. The number of oxazole rings is 1. The first-order chi connectivity index (χ1) is 9.93. The average molecular weight is 285 g/mol. The lowest BCUT2D eigenvalue weighted by Crippen LogP contribution is -2.11. The summed E-state index contributed by atoms with van der Waals surface area (Å²) in [6.45, 7) is 8.80. The zero-order chi connectivity index (χ0) is 15.0. The second-order valence-corrected chi connectivity index (χ2v) is 6.10. The van der Waals surface area contributed by atoms with Crippen LogP contribution < -0.4 is 5.32 Å². The number of hydrogen-bond acceptors (Lipinski definition) is 5. The minimum absolute atomic E-state index is 0.00295. The summed E-state index contributed by atoms with van der Waals surface area (Å²) in [5.74, 6) is 2.22. The highest BCUT2D eigenvalue weighted by molar-refractivity contribution is 5.68. The molecule has 21 heavy (non-hydrogen) atoms. The molecule has 3 heterocycles. The van der Waals surface area contributed by atoms with Gasteiger partial charge in [0.15, 0.2) is 5.82 Å². The number of aryl methyl sites for hydroxylation is 1. The van der Waals surface area contributed by atoms with Gasteiger partial charge in [0, 0.05) is 17.8 Å². The van der Waals surface area contributed by atoms with Gasteiger partial charge in [0.25, 0.3) is 0 Å². The van der Waals surface area contributed by atoms with E-state index in [-0.39, 0.29) is 5.41 Å². The Bertz CT molecular complexity index is 766. The third-order valence-corrected chi connectivity index (χ3v) is 3.23. The minimum Gasteiger partial charge on any atom is -0.444 e. The first-order valence-corrected chi connectivity index (χ1v) is 6.93. The molecule has 110 valence electrons. The SMILES string of the molecule is Cc1cnc(CNc2nccn3nc(C(C)(C)C)cc23)o1. The Labute approximate surface area is 123 Å². The first-order valence-electron chi connectivity index (χ1n) is 6.93. The number of aromatic nitrogens is 4. The van der Waals surface area contributed by atoms with Crippen molar-refractivity contribution in [3.63, 3.8) is 0 Å². The van der Waals surface area contributed by atoms with Gasteiger partial charge in [-0.3, -0.25) is 0 Å². The normalized spacial score (nSPS) is 12.0. The van der Waals surface area contributed by atoms with E-state index < -0.39 is 0 Å². The van der Waals surface area contributed by atoms with Crippen molar-refractivity contribution in [3.05, 3.63) is 42.0 Å². The Morgan fingerprint density at radius 2 is 2.10 bits per heavy atom. The predicted molar refractivity (Wildman–Crippen MR) is 80.3 cm³/mol. The number of nitrogens with zero attached hydrogens (tertiary/aromatic N) is 4. The molecule has 0 radical (unpaired) electrons. The Morgan fingerprint density at radius 1 is 1.29 bits per heavy atom. The molecule has 3 rings (SSSR count). The van der Waals surface area contributed by atoms with Crippen LogP contribution in [0.1, 0.15) is 38.1 Å². The molecular weight excluding hydrogens is 266 g/mol. The van der Waals surface area contributed by atoms with E-state index in [1.54, 1.807) is 12.4 Å². The molecule has 0 unspecified atom stereocenters. The number of fused-ring (bicyclic) bond motifs is 1. The molecule has 0 atom stereocenters. The fourth-order valence-corrected chi connectivity index (χ4v) is 2.07. The Morgan fingerprint density at radius 3 is 2.76 bits per heavy atom. The van der Waals surface area contributed by atoms with Crippen molar-refractivity contribution < 1.29 is 4.42 Å². The molecule has 6 heteroatoms. The van der Waals surface area contributed by atoms with E-state index in [2.05, 4.69) is 47.2 Å². The lowest BCUT2D eigenvalue weighted by atomic mass is 9.92. The van der Waals surface area contributed by atoms with E-state index in [1.807, 2.05) is 17.6 Å². The maximum Gasteiger partial charge on any atom is 0.213 e. The van der Waals surface area contributed by atoms with Crippen LogP contribution in [0.25, 0.3) is 5.52 Å². The molecule has 6 nitrogen and oxygen atoms in total. The van der Waals surface area contributed by atoms with Crippen LogP contribution in [0.4, 0.5) is 5.82 Å². The molecule has 1 N–H and O–H groups in total. The van der Waals surface area contributed by atoms with Gasteiger partial charge in [0.1, 0.15) is 11.3 Å². The molecule has 0 aliphatic heterocycles. The van der Waals surface area contributed by atoms with Crippen LogP contribution in [-0.2, 0) is 12.0 Å². The van der Waals surface area contributed by atoms with E-state index in [9.17, 15) is 0 Å². The van der Waals surface area contributed by atoms with Crippen LogP contribution in [-0.4, -0.2) is 19.6 Å². The molecular formula is C15H19N5O. The predicted octanol–water partition coefficient (Wildman–Crippen LogP) is 2.94. The monoisotopic (exact) mass is 285 g/mol. The van der Waals surface area contributed by atoms with Crippen LogP contribution in [0, 0.1) is 6.92 Å². The molecule has 0 aliphatic carbocycles. The summed E-state index contributed by atoms with van der Waals surface area (Å²) in [5, 5.41) is 7.86. The van der Waals surface area contributed by atoms with Crippen molar-refractivity contribution in [1.29, 1.82) is 0 Å². The zero-order valence-electron chi connectivity index (χ0n) is 12.7. The Balaban J connectivity index is 1.89. The summed E-state index contributed by atoms with van der Waals surface area (Å²) >= 11 is 0. The van der Waals surface area contributed by atoms with Crippen molar-refractivity contribution in [1.82, 2.24) is 19.6 Å². The molecule has 0 aliphatic rings. The highest BCUT2D eigenvalue weighted by atomic mass is 16.4. The average Bonchev–Trinajstić information content (AvgIpc) is 3.01. The Kier molecular flexibility index (Phi) is 3.16.